The second-order valence-corrected chi connectivity index (χ2v) is 6.61. The third-order valence-electron chi connectivity index (χ3n) is 4.09. The second kappa shape index (κ2) is 9.21. The van der Waals surface area contributed by atoms with Crippen LogP contribution in [0.4, 0.5) is 5.69 Å². The molecule has 6 nitrogen and oxygen atoms in total. The summed E-state index contributed by atoms with van der Waals surface area (Å²) in [5.41, 5.74) is 1.83. The van der Waals surface area contributed by atoms with Crippen LogP contribution in [0.5, 0.6) is 5.75 Å². The van der Waals surface area contributed by atoms with Crippen LogP contribution in [0.1, 0.15) is 12.6 Å². The number of ether oxygens (including phenoxy) is 2. The van der Waals surface area contributed by atoms with Gasteiger partial charge in [0.25, 0.3) is 5.91 Å². The summed E-state index contributed by atoms with van der Waals surface area (Å²) in [6, 6.07) is 16.2. The molecule has 29 heavy (non-hydrogen) atoms. The van der Waals surface area contributed by atoms with Crippen LogP contribution in [0.25, 0.3) is 17.0 Å². The Hall–Kier alpha value is -3.38. The standard InChI is InChI=1S/C22H19ClN2O4/c1-14(22(27)25-19-13-16(23)8-11-20(19)28-2)29-21(26)12-10-17-9-7-15-5-3-4-6-18(15)24-17/h3-14H,1-2H3,(H,25,27)/b12-10+. The number of carbonyl (C=O) groups excluding carboxylic acids is 2. The van der Waals surface area contributed by atoms with Crippen LogP contribution < -0.4 is 10.1 Å². The van der Waals surface area contributed by atoms with Crippen molar-refractivity contribution in [3.8, 4) is 5.75 Å². The Morgan fingerprint density at radius 3 is 2.72 bits per heavy atom. The van der Waals surface area contributed by atoms with E-state index in [2.05, 4.69) is 10.3 Å². The van der Waals surface area contributed by atoms with Gasteiger partial charge in [0.15, 0.2) is 6.10 Å². The number of halogens is 1. The van der Waals surface area contributed by atoms with Crippen LogP contribution in [0, 0.1) is 0 Å². The summed E-state index contributed by atoms with van der Waals surface area (Å²) in [5.74, 6) is -0.708. The van der Waals surface area contributed by atoms with E-state index in [-0.39, 0.29) is 0 Å². The molecule has 3 aromatic rings. The van der Waals surface area contributed by atoms with E-state index in [9.17, 15) is 9.59 Å². The second-order valence-electron chi connectivity index (χ2n) is 6.18. The molecule has 0 spiro atoms. The summed E-state index contributed by atoms with van der Waals surface area (Å²) in [4.78, 5) is 28.8. The molecule has 0 aliphatic carbocycles. The molecule has 1 unspecified atom stereocenters. The molecule has 1 amide bonds. The van der Waals surface area contributed by atoms with Crippen LogP contribution in [-0.2, 0) is 14.3 Å². The van der Waals surface area contributed by atoms with Crippen LogP contribution >= 0.6 is 11.6 Å². The van der Waals surface area contributed by atoms with Crippen molar-refractivity contribution >= 4 is 46.1 Å². The third kappa shape index (κ3) is 5.33. The number of amides is 1. The molecule has 3 rings (SSSR count). The quantitative estimate of drug-likeness (QED) is 0.479. The number of pyridine rings is 1. The van der Waals surface area contributed by atoms with Gasteiger partial charge in [-0.25, -0.2) is 9.78 Å². The first-order valence-electron chi connectivity index (χ1n) is 8.85. The summed E-state index contributed by atoms with van der Waals surface area (Å²) >= 11 is 5.95. The van der Waals surface area contributed by atoms with E-state index >= 15 is 0 Å². The zero-order valence-corrected chi connectivity index (χ0v) is 16.6. The number of rotatable bonds is 6. The van der Waals surface area contributed by atoms with E-state index in [1.807, 2.05) is 30.3 Å². The summed E-state index contributed by atoms with van der Waals surface area (Å²) in [6.45, 7) is 1.48. The molecule has 0 saturated carbocycles. The highest BCUT2D eigenvalue weighted by Crippen LogP contribution is 2.27. The van der Waals surface area contributed by atoms with Crippen molar-refractivity contribution in [3.05, 3.63) is 71.4 Å². The number of para-hydroxylation sites is 1. The van der Waals surface area contributed by atoms with E-state index in [1.165, 1.54) is 20.1 Å². The maximum Gasteiger partial charge on any atom is 0.331 e. The predicted molar refractivity (Wildman–Crippen MR) is 113 cm³/mol. The van der Waals surface area contributed by atoms with Crippen molar-refractivity contribution < 1.29 is 19.1 Å². The maximum absolute atomic E-state index is 12.3. The summed E-state index contributed by atoms with van der Waals surface area (Å²) < 4.78 is 10.3. The molecule has 1 aromatic heterocycles. The molecule has 7 heteroatoms. The minimum absolute atomic E-state index is 0.392. The fourth-order valence-electron chi connectivity index (χ4n) is 2.61. The van der Waals surface area contributed by atoms with Crippen LogP contribution in [0.3, 0.4) is 0 Å². The smallest absolute Gasteiger partial charge is 0.331 e. The van der Waals surface area contributed by atoms with Gasteiger partial charge in [-0.1, -0.05) is 35.9 Å². The molecule has 0 aliphatic heterocycles. The van der Waals surface area contributed by atoms with Gasteiger partial charge in [0, 0.05) is 16.5 Å². The van der Waals surface area contributed by atoms with Gasteiger partial charge in [-0.05, 0) is 43.3 Å². The lowest BCUT2D eigenvalue weighted by atomic mass is 10.2. The van der Waals surface area contributed by atoms with Gasteiger partial charge < -0.3 is 14.8 Å². The van der Waals surface area contributed by atoms with E-state index in [4.69, 9.17) is 21.1 Å². The molecule has 0 fully saturated rings. The molecule has 0 saturated heterocycles. The lowest BCUT2D eigenvalue weighted by Crippen LogP contribution is -2.29. The molecule has 1 N–H and O–H groups in total. The van der Waals surface area contributed by atoms with Crippen molar-refractivity contribution in [2.75, 3.05) is 12.4 Å². The summed E-state index contributed by atoms with van der Waals surface area (Å²) in [5, 5.41) is 4.09. The summed E-state index contributed by atoms with van der Waals surface area (Å²) in [7, 11) is 1.48. The Morgan fingerprint density at radius 1 is 1.14 bits per heavy atom. The van der Waals surface area contributed by atoms with Crippen LogP contribution in [0.2, 0.25) is 5.02 Å². The Morgan fingerprint density at radius 2 is 1.93 bits per heavy atom. The number of methoxy groups -OCH3 is 1. The number of fused-ring (bicyclic) bond motifs is 1. The number of hydrogen-bond acceptors (Lipinski definition) is 5. The van der Waals surface area contributed by atoms with Gasteiger partial charge in [-0.3, -0.25) is 4.79 Å². The molecule has 0 aliphatic rings. The molecule has 1 atom stereocenters. The van der Waals surface area contributed by atoms with Gasteiger partial charge in [0.1, 0.15) is 5.75 Å². The van der Waals surface area contributed by atoms with Crippen molar-refractivity contribution in [3.63, 3.8) is 0 Å². The number of nitrogens with zero attached hydrogens (tertiary/aromatic N) is 1. The molecule has 1 heterocycles. The normalized spacial score (nSPS) is 12.0. The number of esters is 1. The highest BCUT2D eigenvalue weighted by atomic mass is 35.5. The van der Waals surface area contributed by atoms with Gasteiger partial charge in [-0.2, -0.15) is 0 Å². The largest absolute Gasteiger partial charge is 0.495 e. The number of nitrogens with one attached hydrogen (secondary N) is 1. The average molecular weight is 411 g/mol. The third-order valence-corrected chi connectivity index (χ3v) is 4.33. The van der Waals surface area contributed by atoms with Gasteiger partial charge in [0.05, 0.1) is 24.0 Å². The number of anilines is 1. The first-order valence-corrected chi connectivity index (χ1v) is 9.23. The number of benzene rings is 2. The van der Waals surface area contributed by atoms with Crippen molar-refractivity contribution in [1.29, 1.82) is 0 Å². The Kier molecular flexibility index (Phi) is 6.46. The predicted octanol–water partition coefficient (Wildman–Crippen LogP) is 4.48. The van der Waals surface area contributed by atoms with Crippen molar-refractivity contribution in [1.82, 2.24) is 4.98 Å². The van der Waals surface area contributed by atoms with Gasteiger partial charge >= 0.3 is 5.97 Å². The number of aromatic nitrogens is 1. The molecular formula is C22H19ClN2O4. The van der Waals surface area contributed by atoms with E-state index < -0.39 is 18.0 Å². The fourth-order valence-corrected chi connectivity index (χ4v) is 2.78. The Balaban J connectivity index is 1.61. The average Bonchev–Trinajstić information content (AvgIpc) is 2.72. The molecular weight excluding hydrogens is 392 g/mol. The number of hydrogen-bond donors (Lipinski definition) is 1. The van der Waals surface area contributed by atoms with Gasteiger partial charge in [0.2, 0.25) is 0 Å². The van der Waals surface area contributed by atoms with E-state index in [0.29, 0.717) is 22.2 Å². The monoisotopic (exact) mass is 410 g/mol. The Bertz CT molecular complexity index is 1080. The summed E-state index contributed by atoms with van der Waals surface area (Å²) in [6.07, 6.45) is 1.76. The molecule has 2 aromatic carbocycles. The highest BCUT2D eigenvalue weighted by molar-refractivity contribution is 6.31. The molecule has 0 bridgehead atoms. The minimum atomic E-state index is -1.01. The Labute approximate surface area is 173 Å². The van der Waals surface area contributed by atoms with Crippen LogP contribution in [0.15, 0.2) is 60.7 Å². The fraction of sp³-hybridized carbons (Fsp3) is 0.136. The first-order chi connectivity index (χ1) is 14.0. The topological polar surface area (TPSA) is 77.5 Å². The zero-order valence-electron chi connectivity index (χ0n) is 15.9. The van der Waals surface area contributed by atoms with Crippen LogP contribution in [-0.4, -0.2) is 30.1 Å². The lowest BCUT2D eigenvalue weighted by molar-refractivity contribution is -0.148. The molecule has 0 radical (unpaired) electrons. The van der Waals surface area contributed by atoms with Gasteiger partial charge in [-0.15, -0.1) is 0 Å². The van der Waals surface area contributed by atoms with Crippen molar-refractivity contribution in [2.24, 2.45) is 0 Å². The molecule has 148 valence electrons. The number of carbonyl (C=O) groups is 2. The zero-order chi connectivity index (χ0) is 20.8. The first kappa shape index (κ1) is 20.4. The van der Waals surface area contributed by atoms with E-state index in [1.54, 1.807) is 30.3 Å². The minimum Gasteiger partial charge on any atom is -0.495 e. The SMILES string of the molecule is COc1ccc(Cl)cc1NC(=O)C(C)OC(=O)/C=C/c1ccc2ccccc2n1. The van der Waals surface area contributed by atoms with Crippen molar-refractivity contribution in [2.45, 2.75) is 13.0 Å². The maximum atomic E-state index is 12.3. The lowest BCUT2D eigenvalue weighted by Gasteiger charge is -2.14. The van der Waals surface area contributed by atoms with E-state index in [0.717, 1.165) is 10.9 Å². The highest BCUT2D eigenvalue weighted by Gasteiger charge is 2.18.